The SMILES string of the molecule is CCc1ccc(CCC(=O)NCc2cccn(C)c2=O)cc1. The second-order valence-corrected chi connectivity index (χ2v) is 5.40. The molecule has 1 N–H and O–H groups in total. The molecule has 0 fully saturated rings. The molecule has 0 aliphatic heterocycles. The zero-order valence-electron chi connectivity index (χ0n) is 13.1. The minimum atomic E-state index is -0.0713. The van der Waals surface area contributed by atoms with E-state index >= 15 is 0 Å². The minimum Gasteiger partial charge on any atom is -0.352 e. The highest BCUT2D eigenvalue weighted by Gasteiger charge is 2.05. The number of amides is 1. The van der Waals surface area contributed by atoms with Crippen molar-refractivity contribution >= 4 is 5.91 Å². The maximum Gasteiger partial charge on any atom is 0.255 e. The molecule has 0 bridgehead atoms. The summed E-state index contributed by atoms with van der Waals surface area (Å²) >= 11 is 0. The van der Waals surface area contributed by atoms with Gasteiger partial charge in [0.25, 0.3) is 5.56 Å². The van der Waals surface area contributed by atoms with Gasteiger partial charge in [-0.25, -0.2) is 0 Å². The average Bonchev–Trinajstić information content (AvgIpc) is 2.54. The lowest BCUT2D eigenvalue weighted by molar-refractivity contribution is -0.121. The van der Waals surface area contributed by atoms with Crippen molar-refractivity contribution < 1.29 is 4.79 Å². The van der Waals surface area contributed by atoms with Gasteiger partial charge in [0, 0.05) is 31.8 Å². The van der Waals surface area contributed by atoms with E-state index in [1.807, 2.05) is 0 Å². The van der Waals surface area contributed by atoms with E-state index in [1.165, 1.54) is 10.1 Å². The summed E-state index contributed by atoms with van der Waals surface area (Å²) in [7, 11) is 1.70. The van der Waals surface area contributed by atoms with Crippen LogP contribution in [0.1, 0.15) is 30.0 Å². The molecule has 22 heavy (non-hydrogen) atoms. The first-order chi connectivity index (χ1) is 10.6. The second kappa shape index (κ2) is 7.59. The standard InChI is InChI=1S/C18H22N2O2/c1-3-14-6-8-15(9-7-14)10-11-17(21)19-13-16-5-4-12-20(2)18(16)22/h4-9,12H,3,10-11,13H2,1-2H3,(H,19,21). The lowest BCUT2D eigenvalue weighted by atomic mass is 10.1. The van der Waals surface area contributed by atoms with Crippen molar-refractivity contribution in [1.29, 1.82) is 0 Å². The minimum absolute atomic E-state index is 0.0366. The summed E-state index contributed by atoms with van der Waals surface area (Å²) in [6.07, 6.45) is 3.86. The zero-order chi connectivity index (χ0) is 15.9. The van der Waals surface area contributed by atoms with Crippen LogP contribution in [-0.4, -0.2) is 10.5 Å². The van der Waals surface area contributed by atoms with Gasteiger partial charge in [-0.1, -0.05) is 37.3 Å². The number of nitrogens with zero attached hydrogens (tertiary/aromatic N) is 1. The van der Waals surface area contributed by atoms with Crippen LogP contribution in [0, 0.1) is 0 Å². The van der Waals surface area contributed by atoms with Crippen LogP contribution in [0.2, 0.25) is 0 Å². The van der Waals surface area contributed by atoms with Gasteiger partial charge in [-0.15, -0.1) is 0 Å². The average molecular weight is 298 g/mol. The molecule has 4 heteroatoms. The van der Waals surface area contributed by atoms with Gasteiger partial charge >= 0.3 is 0 Å². The van der Waals surface area contributed by atoms with Crippen LogP contribution in [0.25, 0.3) is 0 Å². The Morgan fingerprint density at radius 2 is 1.82 bits per heavy atom. The zero-order valence-corrected chi connectivity index (χ0v) is 13.1. The monoisotopic (exact) mass is 298 g/mol. The van der Waals surface area contributed by atoms with E-state index in [9.17, 15) is 9.59 Å². The third-order valence-electron chi connectivity index (χ3n) is 3.75. The van der Waals surface area contributed by atoms with E-state index in [0.29, 0.717) is 18.4 Å². The number of pyridine rings is 1. The lowest BCUT2D eigenvalue weighted by Crippen LogP contribution is -2.28. The molecule has 2 rings (SSSR count). The Morgan fingerprint density at radius 1 is 1.14 bits per heavy atom. The Labute approximate surface area is 130 Å². The summed E-state index contributed by atoms with van der Waals surface area (Å²) in [5.74, 6) is -0.0366. The quantitative estimate of drug-likeness (QED) is 0.889. The fourth-order valence-corrected chi connectivity index (χ4v) is 2.27. The Kier molecular flexibility index (Phi) is 5.53. The summed E-state index contributed by atoms with van der Waals surface area (Å²) < 4.78 is 1.51. The molecular formula is C18H22N2O2. The second-order valence-electron chi connectivity index (χ2n) is 5.40. The first kappa shape index (κ1) is 16.0. The number of aryl methyl sites for hydroxylation is 3. The lowest BCUT2D eigenvalue weighted by Gasteiger charge is -2.07. The molecule has 116 valence electrons. The number of hydrogen-bond acceptors (Lipinski definition) is 2. The highest BCUT2D eigenvalue weighted by atomic mass is 16.1. The van der Waals surface area contributed by atoms with Gasteiger partial charge in [-0.3, -0.25) is 9.59 Å². The molecule has 0 aliphatic carbocycles. The van der Waals surface area contributed by atoms with Crippen molar-refractivity contribution in [3.8, 4) is 0 Å². The molecule has 0 radical (unpaired) electrons. The highest BCUT2D eigenvalue weighted by Crippen LogP contribution is 2.07. The van der Waals surface area contributed by atoms with Crippen molar-refractivity contribution in [2.24, 2.45) is 7.05 Å². The molecule has 0 unspecified atom stereocenters. The van der Waals surface area contributed by atoms with E-state index in [1.54, 1.807) is 25.4 Å². The number of aromatic nitrogens is 1. The van der Waals surface area contributed by atoms with Crippen molar-refractivity contribution in [2.45, 2.75) is 32.7 Å². The first-order valence-electron chi connectivity index (χ1n) is 7.59. The van der Waals surface area contributed by atoms with E-state index in [0.717, 1.165) is 12.0 Å². The Hall–Kier alpha value is -2.36. The Balaban J connectivity index is 1.82. The molecule has 0 saturated carbocycles. The van der Waals surface area contributed by atoms with Gasteiger partial charge < -0.3 is 9.88 Å². The van der Waals surface area contributed by atoms with Crippen LogP contribution >= 0.6 is 0 Å². The van der Waals surface area contributed by atoms with Crippen LogP contribution in [0.4, 0.5) is 0 Å². The maximum absolute atomic E-state index is 11.9. The van der Waals surface area contributed by atoms with Crippen molar-refractivity contribution in [2.75, 3.05) is 0 Å². The molecule has 0 atom stereocenters. The number of carbonyl (C=O) groups excluding carboxylic acids is 1. The molecule has 1 amide bonds. The third kappa shape index (κ3) is 4.32. The smallest absolute Gasteiger partial charge is 0.255 e. The molecular weight excluding hydrogens is 276 g/mol. The van der Waals surface area contributed by atoms with E-state index in [-0.39, 0.29) is 18.0 Å². The summed E-state index contributed by atoms with van der Waals surface area (Å²) in [6, 6.07) is 11.9. The molecule has 1 heterocycles. The molecule has 4 nitrogen and oxygen atoms in total. The van der Waals surface area contributed by atoms with Gasteiger partial charge in [0.1, 0.15) is 0 Å². The van der Waals surface area contributed by atoms with Crippen LogP contribution in [0.3, 0.4) is 0 Å². The normalized spacial score (nSPS) is 10.5. The fourth-order valence-electron chi connectivity index (χ4n) is 2.27. The van der Waals surface area contributed by atoms with Crippen molar-refractivity contribution in [3.05, 3.63) is 69.6 Å². The molecule has 2 aromatic rings. The van der Waals surface area contributed by atoms with E-state index < -0.39 is 0 Å². The number of nitrogens with one attached hydrogen (secondary N) is 1. The van der Waals surface area contributed by atoms with E-state index in [4.69, 9.17) is 0 Å². The molecule has 0 saturated heterocycles. The Morgan fingerprint density at radius 3 is 2.50 bits per heavy atom. The largest absolute Gasteiger partial charge is 0.352 e. The summed E-state index contributed by atoms with van der Waals surface area (Å²) in [5, 5.41) is 2.81. The van der Waals surface area contributed by atoms with Crippen LogP contribution in [0.15, 0.2) is 47.4 Å². The maximum atomic E-state index is 11.9. The van der Waals surface area contributed by atoms with Crippen LogP contribution < -0.4 is 10.9 Å². The Bertz CT molecular complexity index is 687. The van der Waals surface area contributed by atoms with Crippen LogP contribution in [0.5, 0.6) is 0 Å². The third-order valence-corrected chi connectivity index (χ3v) is 3.75. The summed E-state index contributed by atoms with van der Waals surface area (Å²) in [5.41, 5.74) is 2.99. The predicted molar refractivity (Wildman–Crippen MR) is 87.7 cm³/mol. The highest BCUT2D eigenvalue weighted by molar-refractivity contribution is 5.76. The predicted octanol–water partition coefficient (Wildman–Crippen LogP) is 2.20. The number of carbonyl (C=O) groups is 1. The van der Waals surface area contributed by atoms with Gasteiger partial charge in [0.2, 0.25) is 5.91 Å². The number of benzene rings is 1. The fraction of sp³-hybridized carbons (Fsp3) is 0.333. The van der Waals surface area contributed by atoms with Gasteiger partial charge in [-0.2, -0.15) is 0 Å². The number of hydrogen-bond donors (Lipinski definition) is 1. The summed E-state index contributed by atoms with van der Waals surface area (Å²) in [6.45, 7) is 2.40. The molecule has 0 spiro atoms. The van der Waals surface area contributed by atoms with Crippen molar-refractivity contribution in [1.82, 2.24) is 9.88 Å². The van der Waals surface area contributed by atoms with Gasteiger partial charge in [0.05, 0.1) is 0 Å². The first-order valence-corrected chi connectivity index (χ1v) is 7.59. The van der Waals surface area contributed by atoms with Crippen molar-refractivity contribution in [3.63, 3.8) is 0 Å². The van der Waals surface area contributed by atoms with Gasteiger partial charge in [0.15, 0.2) is 0 Å². The molecule has 1 aromatic heterocycles. The topological polar surface area (TPSA) is 51.1 Å². The number of rotatable bonds is 6. The molecule has 1 aromatic carbocycles. The van der Waals surface area contributed by atoms with Crippen LogP contribution in [-0.2, 0) is 31.2 Å². The summed E-state index contributed by atoms with van der Waals surface area (Å²) in [4.78, 5) is 23.7. The van der Waals surface area contributed by atoms with Gasteiger partial charge in [-0.05, 0) is 30.0 Å². The van der Waals surface area contributed by atoms with E-state index in [2.05, 4.69) is 36.5 Å². The molecule has 0 aliphatic rings.